The summed E-state index contributed by atoms with van der Waals surface area (Å²) in [6, 6.07) is 6.43. The van der Waals surface area contributed by atoms with Gasteiger partial charge in [0.15, 0.2) is 0 Å². The normalized spacial score (nSPS) is 11.2. The molecule has 0 atom stereocenters. The first-order valence-corrected chi connectivity index (χ1v) is 8.12. The quantitative estimate of drug-likeness (QED) is 0.759. The molecule has 0 heterocycles. The Morgan fingerprint density at radius 2 is 1.78 bits per heavy atom. The number of carbonyl (C=O) groups is 1. The fourth-order valence-electron chi connectivity index (χ4n) is 2.67. The Morgan fingerprint density at radius 1 is 1.13 bits per heavy atom. The highest BCUT2D eigenvalue weighted by Crippen LogP contribution is 2.24. The molecule has 0 saturated heterocycles. The molecule has 0 radical (unpaired) electrons. The van der Waals surface area contributed by atoms with Crippen LogP contribution in [0.5, 0.6) is 11.5 Å². The fraction of sp³-hybridized carbons (Fsp3) is 0.611. The van der Waals surface area contributed by atoms with Crippen LogP contribution in [0.3, 0.4) is 0 Å². The lowest BCUT2D eigenvalue weighted by atomic mass is 10.1. The van der Waals surface area contributed by atoms with Gasteiger partial charge in [-0.05, 0) is 33.8 Å². The summed E-state index contributed by atoms with van der Waals surface area (Å²) in [6.45, 7) is 10.2. The van der Waals surface area contributed by atoms with Crippen molar-refractivity contribution in [1.82, 2.24) is 10.2 Å². The van der Waals surface area contributed by atoms with Gasteiger partial charge in [0.1, 0.15) is 11.5 Å². The van der Waals surface area contributed by atoms with Crippen LogP contribution < -0.4 is 14.8 Å². The van der Waals surface area contributed by atoms with Crippen LogP contribution in [-0.4, -0.2) is 50.2 Å². The topological polar surface area (TPSA) is 50.8 Å². The summed E-state index contributed by atoms with van der Waals surface area (Å²) >= 11 is 0. The number of hydrogen-bond donors (Lipinski definition) is 1. The predicted molar refractivity (Wildman–Crippen MR) is 93.2 cm³/mol. The number of nitrogens with zero attached hydrogens (tertiary/aromatic N) is 1. The first kappa shape index (κ1) is 19.3. The van der Waals surface area contributed by atoms with E-state index in [1.807, 2.05) is 12.1 Å². The minimum atomic E-state index is 0.000860. The molecule has 1 rings (SSSR count). The summed E-state index contributed by atoms with van der Waals surface area (Å²) in [5.41, 5.74) is 0.857. The van der Waals surface area contributed by atoms with Crippen molar-refractivity contribution in [2.75, 3.05) is 27.3 Å². The average Bonchev–Trinajstić information content (AvgIpc) is 2.51. The van der Waals surface area contributed by atoms with Crippen LogP contribution in [0.15, 0.2) is 18.2 Å². The van der Waals surface area contributed by atoms with Crippen molar-refractivity contribution in [1.29, 1.82) is 0 Å². The second-order valence-corrected chi connectivity index (χ2v) is 6.13. The van der Waals surface area contributed by atoms with Crippen LogP contribution in [0, 0.1) is 0 Å². The number of methoxy groups -OCH3 is 2. The Labute approximate surface area is 140 Å². The fourth-order valence-corrected chi connectivity index (χ4v) is 2.67. The molecule has 0 aliphatic carbocycles. The summed E-state index contributed by atoms with van der Waals surface area (Å²) in [7, 11) is 3.20. The number of rotatable bonds is 9. The van der Waals surface area contributed by atoms with E-state index in [-0.39, 0.29) is 5.91 Å². The zero-order chi connectivity index (χ0) is 17.4. The molecule has 1 amide bonds. The second kappa shape index (κ2) is 9.40. The molecule has 0 aromatic heterocycles. The summed E-state index contributed by atoms with van der Waals surface area (Å²) in [5.74, 6) is 1.39. The molecule has 0 saturated carbocycles. The van der Waals surface area contributed by atoms with Gasteiger partial charge in [-0.25, -0.2) is 0 Å². The second-order valence-electron chi connectivity index (χ2n) is 6.13. The van der Waals surface area contributed by atoms with E-state index in [1.165, 1.54) is 0 Å². The molecule has 0 unspecified atom stereocenters. The highest BCUT2D eigenvalue weighted by Gasteiger charge is 2.14. The third-order valence-electron chi connectivity index (χ3n) is 3.86. The van der Waals surface area contributed by atoms with Crippen LogP contribution in [0.1, 0.15) is 33.3 Å². The Kier molecular flexibility index (Phi) is 7.89. The van der Waals surface area contributed by atoms with E-state index in [4.69, 9.17) is 9.47 Å². The van der Waals surface area contributed by atoms with Crippen molar-refractivity contribution in [3.63, 3.8) is 0 Å². The molecule has 1 aromatic rings. The van der Waals surface area contributed by atoms with E-state index in [9.17, 15) is 4.79 Å². The van der Waals surface area contributed by atoms with Crippen LogP contribution in [0.25, 0.3) is 0 Å². The van der Waals surface area contributed by atoms with E-state index in [1.54, 1.807) is 20.3 Å². The Bertz CT molecular complexity index is 493. The summed E-state index contributed by atoms with van der Waals surface area (Å²) < 4.78 is 10.5. The summed E-state index contributed by atoms with van der Waals surface area (Å²) in [5, 5.41) is 2.98. The Morgan fingerprint density at radius 3 is 2.30 bits per heavy atom. The van der Waals surface area contributed by atoms with Gasteiger partial charge in [0.25, 0.3) is 0 Å². The van der Waals surface area contributed by atoms with Gasteiger partial charge in [0.2, 0.25) is 5.91 Å². The van der Waals surface area contributed by atoms with E-state index in [2.05, 4.69) is 37.9 Å². The van der Waals surface area contributed by atoms with Crippen LogP contribution in [0.2, 0.25) is 0 Å². The van der Waals surface area contributed by atoms with Crippen LogP contribution in [0.4, 0.5) is 0 Å². The molecule has 0 aliphatic rings. The monoisotopic (exact) mass is 322 g/mol. The number of amides is 1. The molecule has 1 aromatic carbocycles. The molecule has 1 N–H and O–H groups in total. The lowest BCUT2D eigenvalue weighted by Crippen LogP contribution is -2.42. The van der Waals surface area contributed by atoms with Crippen LogP contribution >= 0.6 is 0 Å². The van der Waals surface area contributed by atoms with E-state index < -0.39 is 0 Å². The average molecular weight is 322 g/mol. The first-order chi connectivity index (χ1) is 10.9. The molecule has 0 aliphatic heterocycles. The van der Waals surface area contributed by atoms with Gasteiger partial charge in [-0.2, -0.15) is 0 Å². The third-order valence-corrected chi connectivity index (χ3v) is 3.86. The molecule has 5 nitrogen and oxygen atoms in total. The van der Waals surface area contributed by atoms with Gasteiger partial charge < -0.3 is 14.8 Å². The van der Waals surface area contributed by atoms with Crippen molar-refractivity contribution in [3.05, 3.63) is 23.8 Å². The zero-order valence-corrected chi connectivity index (χ0v) is 15.2. The van der Waals surface area contributed by atoms with Gasteiger partial charge in [0, 0.05) is 36.8 Å². The van der Waals surface area contributed by atoms with E-state index in [0.717, 1.165) is 17.9 Å². The highest BCUT2D eigenvalue weighted by atomic mass is 16.5. The minimum absolute atomic E-state index is 0.000860. The van der Waals surface area contributed by atoms with Gasteiger partial charge >= 0.3 is 0 Å². The molecule has 5 heteroatoms. The lowest BCUT2D eigenvalue weighted by Gasteiger charge is -2.30. The first-order valence-electron chi connectivity index (χ1n) is 8.12. The van der Waals surface area contributed by atoms with Crippen molar-refractivity contribution in [2.24, 2.45) is 0 Å². The van der Waals surface area contributed by atoms with Crippen molar-refractivity contribution >= 4 is 5.91 Å². The number of hydrogen-bond acceptors (Lipinski definition) is 4. The van der Waals surface area contributed by atoms with Gasteiger partial charge in [-0.3, -0.25) is 9.69 Å². The van der Waals surface area contributed by atoms with Crippen molar-refractivity contribution in [2.45, 2.75) is 46.2 Å². The molecular weight excluding hydrogens is 292 g/mol. The Balaban J connectivity index is 2.54. The van der Waals surface area contributed by atoms with E-state index >= 15 is 0 Å². The number of carbonyl (C=O) groups excluding carboxylic acids is 1. The summed E-state index contributed by atoms with van der Waals surface area (Å²) in [6.07, 6.45) is 0.302. The van der Waals surface area contributed by atoms with Gasteiger partial charge in [-0.15, -0.1) is 0 Å². The highest BCUT2D eigenvalue weighted by molar-refractivity contribution is 5.79. The number of ether oxygens (including phenoxy) is 2. The maximum atomic E-state index is 12.1. The minimum Gasteiger partial charge on any atom is -0.497 e. The van der Waals surface area contributed by atoms with E-state index in [0.29, 0.717) is 30.8 Å². The largest absolute Gasteiger partial charge is 0.497 e. The third kappa shape index (κ3) is 6.10. The molecular formula is C18H30N2O3. The molecule has 0 bridgehead atoms. The van der Waals surface area contributed by atoms with Gasteiger partial charge in [-0.1, -0.05) is 6.07 Å². The number of benzene rings is 1. The molecule has 0 fully saturated rings. The molecule has 0 spiro atoms. The maximum Gasteiger partial charge on any atom is 0.224 e. The summed E-state index contributed by atoms with van der Waals surface area (Å²) in [4.78, 5) is 14.5. The standard InChI is InChI=1S/C18H30N2O3/c1-13(2)20(14(3)4)10-9-19-18(21)11-15-7-8-16(22-5)12-17(15)23-6/h7-8,12-14H,9-11H2,1-6H3,(H,19,21). The lowest BCUT2D eigenvalue weighted by molar-refractivity contribution is -0.120. The van der Waals surface area contributed by atoms with Crippen LogP contribution in [-0.2, 0) is 11.2 Å². The van der Waals surface area contributed by atoms with Crippen molar-refractivity contribution < 1.29 is 14.3 Å². The van der Waals surface area contributed by atoms with Gasteiger partial charge in [0.05, 0.1) is 20.6 Å². The Hall–Kier alpha value is -1.75. The van der Waals surface area contributed by atoms with Crippen molar-refractivity contribution in [3.8, 4) is 11.5 Å². The maximum absolute atomic E-state index is 12.1. The molecule has 130 valence electrons. The SMILES string of the molecule is COc1ccc(CC(=O)NCCN(C(C)C)C(C)C)c(OC)c1. The predicted octanol–water partition coefficient (Wildman–Crippen LogP) is 2.48. The smallest absolute Gasteiger partial charge is 0.224 e. The number of nitrogens with one attached hydrogen (secondary N) is 1. The zero-order valence-electron chi connectivity index (χ0n) is 15.2. The molecule has 23 heavy (non-hydrogen) atoms.